The molecule has 0 radical (unpaired) electrons. The standard InChI is InChI=1S/C15H22FNO2/c1-18-10-14(19-2)9-17-15(11-3-4-11)12-5-7-13(16)8-6-12/h5-8,11,14-15,17H,3-4,9-10H2,1-2H3. The molecule has 2 unspecified atom stereocenters. The topological polar surface area (TPSA) is 30.5 Å². The van der Waals surface area contributed by atoms with Gasteiger partial charge in [0.15, 0.2) is 0 Å². The lowest BCUT2D eigenvalue weighted by Crippen LogP contribution is -2.35. The molecule has 19 heavy (non-hydrogen) atoms. The predicted molar refractivity (Wildman–Crippen MR) is 72.5 cm³/mol. The Hall–Kier alpha value is -0.970. The summed E-state index contributed by atoms with van der Waals surface area (Å²) in [6.07, 6.45) is 2.51. The van der Waals surface area contributed by atoms with E-state index >= 15 is 0 Å². The third-order valence-electron chi connectivity index (χ3n) is 3.57. The van der Waals surface area contributed by atoms with E-state index in [1.54, 1.807) is 14.2 Å². The fourth-order valence-corrected chi connectivity index (χ4v) is 2.31. The molecular weight excluding hydrogens is 245 g/mol. The van der Waals surface area contributed by atoms with Crippen LogP contribution in [-0.4, -0.2) is 33.5 Å². The second-order valence-electron chi connectivity index (χ2n) is 5.09. The van der Waals surface area contributed by atoms with Gasteiger partial charge in [-0.15, -0.1) is 0 Å². The molecule has 0 aliphatic heterocycles. The van der Waals surface area contributed by atoms with Crippen LogP contribution >= 0.6 is 0 Å². The van der Waals surface area contributed by atoms with E-state index in [2.05, 4.69) is 5.32 Å². The predicted octanol–water partition coefficient (Wildman–Crippen LogP) is 2.53. The van der Waals surface area contributed by atoms with Gasteiger partial charge < -0.3 is 14.8 Å². The molecule has 0 amide bonds. The molecule has 0 aromatic heterocycles. The van der Waals surface area contributed by atoms with Crippen molar-refractivity contribution in [3.05, 3.63) is 35.6 Å². The highest BCUT2D eigenvalue weighted by Crippen LogP contribution is 2.40. The zero-order chi connectivity index (χ0) is 13.7. The van der Waals surface area contributed by atoms with E-state index in [0.29, 0.717) is 12.5 Å². The van der Waals surface area contributed by atoms with Crippen molar-refractivity contribution in [2.45, 2.75) is 25.0 Å². The largest absolute Gasteiger partial charge is 0.382 e. The lowest BCUT2D eigenvalue weighted by Gasteiger charge is -2.22. The summed E-state index contributed by atoms with van der Waals surface area (Å²) in [6, 6.07) is 7.06. The minimum atomic E-state index is -0.188. The molecule has 0 bridgehead atoms. The SMILES string of the molecule is COCC(CNC(c1ccc(F)cc1)C1CC1)OC. The summed E-state index contributed by atoms with van der Waals surface area (Å²) in [5.74, 6) is 0.470. The Bertz CT molecular complexity index is 378. The molecule has 1 aromatic rings. The summed E-state index contributed by atoms with van der Waals surface area (Å²) in [5, 5.41) is 3.53. The highest BCUT2D eigenvalue weighted by Gasteiger charge is 2.32. The second kappa shape index (κ2) is 6.98. The first kappa shape index (κ1) is 14.4. The van der Waals surface area contributed by atoms with Crippen molar-refractivity contribution >= 4 is 0 Å². The van der Waals surface area contributed by atoms with E-state index in [1.165, 1.54) is 25.0 Å². The van der Waals surface area contributed by atoms with Gasteiger partial charge in [-0.2, -0.15) is 0 Å². The first-order valence-electron chi connectivity index (χ1n) is 6.75. The average molecular weight is 267 g/mol. The molecule has 1 saturated carbocycles. The second-order valence-corrected chi connectivity index (χ2v) is 5.09. The lowest BCUT2D eigenvalue weighted by atomic mass is 10.0. The van der Waals surface area contributed by atoms with Crippen molar-refractivity contribution in [2.24, 2.45) is 5.92 Å². The number of benzene rings is 1. The molecule has 2 rings (SSSR count). The van der Waals surface area contributed by atoms with Crippen molar-refractivity contribution < 1.29 is 13.9 Å². The monoisotopic (exact) mass is 267 g/mol. The van der Waals surface area contributed by atoms with E-state index in [0.717, 1.165) is 12.1 Å². The summed E-state index contributed by atoms with van der Waals surface area (Å²) in [5.41, 5.74) is 1.15. The fourth-order valence-electron chi connectivity index (χ4n) is 2.31. The number of methoxy groups -OCH3 is 2. The number of hydrogen-bond donors (Lipinski definition) is 1. The van der Waals surface area contributed by atoms with Crippen LogP contribution in [0.1, 0.15) is 24.4 Å². The van der Waals surface area contributed by atoms with Crippen molar-refractivity contribution in [1.82, 2.24) is 5.32 Å². The van der Waals surface area contributed by atoms with Crippen molar-refractivity contribution in [3.63, 3.8) is 0 Å². The highest BCUT2D eigenvalue weighted by molar-refractivity contribution is 5.22. The van der Waals surface area contributed by atoms with Crippen LogP contribution in [0.4, 0.5) is 4.39 Å². The molecular formula is C15H22FNO2. The zero-order valence-corrected chi connectivity index (χ0v) is 11.6. The quantitative estimate of drug-likeness (QED) is 0.785. The molecule has 1 aliphatic rings. The molecule has 1 aliphatic carbocycles. The van der Waals surface area contributed by atoms with Gasteiger partial charge in [0, 0.05) is 26.8 Å². The van der Waals surface area contributed by atoms with Crippen molar-refractivity contribution in [2.75, 3.05) is 27.4 Å². The summed E-state index contributed by atoms with van der Waals surface area (Å²) >= 11 is 0. The number of hydrogen-bond acceptors (Lipinski definition) is 3. The molecule has 106 valence electrons. The summed E-state index contributed by atoms with van der Waals surface area (Å²) in [4.78, 5) is 0. The van der Waals surface area contributed by atoms with Crippen LogP contribution in [0, 0.1) is 11.7 Å². The van der Waals surface area contributed by atoms with Crippen LogP contribution in [0.2, 0.25) is 0 Å². The third kappa shape index (κ3) is 4.27. The van der Waals surface area contributed by atoms with E-state index in [1.807, 2.05) is 12.1 Å². The highest BCUT2D eigenvalue weighted by atomic mass is 19.1. The molecule has 0 heterocycles. The Morgan fingerprint density at radius 2 is 1.95 bits per heavy atom. The first-order chi connectivity index (χ1) is 9.24. The normalized spacial score (nSPS) is 18.3. The fraction of sp³-hybridized carbons (Fsp3) is 0.600. The summed E-state index contributed by atoms with van der Waals surface area (Å²) < 4.78 is 23.4. The van der Waals surface area contributed by atoms with Gasteiger partial charge in [-0.1, -0.05) is 12.1 Å². The minimum Gasteiger partial charge on any atom is -0.382 e. The zero-order valence-electron chi connectivity index (χ0n) is 11.6. The van der Waals surface area contributed by atoms with E-state index in [4.69, 9.17) is 9.47 Å². The minimum absolute atomic E-state index is 0.0479. The van der Waals surface area contributed by atoms with Gasteiger partial charge in [0.25, 0.3) is 0 Å². The Kier molecular flexibility index (Phi) is 5.31. The third-order valence-corrected chi connectivity index (χ3v) is 3.57. The van der Waals surface area contributed by atoms with Gasteiger partial charge >= 0.3 is 0 Å². The van der Waals surface area contributed by atoms with Crippen LogP contribution in [0.5, 0.6) is 0 Å². The Morgan fingerprint density at radius 1 is 1.26 bits per heavy atom. The number of rotatable bonds is 8. The van der Waals surface area contributed by atoms with Crippen molar-refractivity contribution in [3.8, 4) is 0 Å². The smallest absolute Gasteiger partial charge is 0.123 e. The number of halogens is 1. The lowest BCUT2D eigenvalue weighted by molar-refractivity contribution is 0.0269. The van der Waals surface area contributed by atoms with Crippen molar-refractivity contribution in [1.29, 1.82) is 0 Å². The van der Waals surface area contributed by atoms with Crippen LogP contribution in [0.15, 0.2) is 24.3 Å². The van der Waals surface area contributed by atoms with Gasteiger partial charge in [-0.05, 0) is 36.5 Å². The molecule has 1 aromatic carbocycles. The van der Waals surface area contributed by atoms with Gasteiger partial charge in [-0.25, -0.2) is 4.39 Å². The molecule has 4 heteroatoms. The Morgan fingerprint density at radius 3 is 2.47 bits per heavy atom. The van der Waals surface area contributed by atoms with Crippen LogP contribution in [-0.2, 0) is 9.47 Å². The Labute approximate surface area is 114 Å². The summed E-state index contributed by atoms with van der Waals surface area (Å²) in [7, 11) is 3.36. The molecule has 3 nitrogen and oxygen atoms in total. The van der Waals surface area contributed by atoms with Gasteiger partial charge in [0.05, 0.1) is 12.7 Å². The molecule has 1 fully saturated rings. The van der Waals surface area contributed by atoms with Gasteiger partial charge in [0.2, 0.25) is 0 Å². The maximum atomic E-state index is 13.0. The number of nitrogens with one attached hydrogen (secondary N) is 1. The molecule has 2 atom stereocenters. The van der Waals surface area contributed by atoms with Crippen LogP contribution in [0.25, 0.3) is 0 Å². The van der Waals surface area contributed by atoms with E-state index in [9.17, 15) is 4.39 Å². The maximum Gasteiger partial charge on any atom is 0.123 e. The van der Waals surface area contributed by atoms with Crippen LogP contribution < -0.4 is 5.32 Å². The maximum absolute atomic E-state index is 13.0. The van der Waals surface area contributed by atoms with E-state index < -0.39 is 0 Å². The number of ether oxygens (including phenoxy) is 2. The molecule has 1 N–H and O–H groups in total. The average Bonchev–Trinajstić information content (AvgIpc) is 3.24. The Balaban J connectivity index is 1.94. The van der Waals surface area contributed by atoms with Gasteiger partial charge in [0.1, 0.15) is 5.82 Å². The van der Waals surface area contributed by atoms with Gasteiger partial charge in [-0.3, -0.25) is 0 Å². The van der Waals surface area contributed by atoms with E-state index in [-0.39, 0.29) is 18.0 Å². The first-order valence-corrected chi connectivity index (χ1v) is 6.75. The summed E-state index contributed by atoms with van der Waals surface area (Å²) in [6.45, 7) is 1.31. The molecule has 0 saturated heterocycles. The molecule has 0 spiro atoms. The van der Waals surface area contributed by atoms with Crippen LogP contribution in [0.3, 0.4) is 0 Å².